The monoisotopic (exact) mass is 501 g/mol. The molecule has 1 amide bonds. The topological polar surface area (TPSA) is 44.8 Å². The van der Waals surface area contributed by atoms with E-state index in [1.807, 2.05) is 4.90 Å². The SMILES string of the molecule is O=C1NC(=S)CC[C@H]1N1C(=S)c2cccc3c(Cc4ccc(CN5CCOCC5)cc4)ccc1c23. The summed E-state index contributed by atoms with van der Waals surface area (Å²) in [5.41, 5.74) is 5.95. The van der Waals surface area contributed by atoms with Gasteiger partial charge in [-0.25, -0.2) is 0 Å². The third-order valence-electron chi connectivity index (χ3n) is 7.27. The average molecular weight is 502 g/mol. The zero-order valence-electron chi connectivity index (χ0n) is 19.5. The number of anilines is 1. The van der Waals surface area contributed by atoms with Gasteiger partial charge in [-0.2, -0.15) is 0 Å². The van der Waals surface area contributed by atoms with Gasteiger partial charge in [0.25, 0.3) is 0 Å². The van der Waals surface area contributed by atoms with Crippen LogP contribution >= 0.6 is 24.4 Å². The Morgan fingerprint density at radius 1 is 0.971 bits per heavy atom. The molecule has 3 aromatic carbocycles. The van der Waals surface area contributed by atoms with Crippen LogP contribution in [0.1, 0.15) is 35.1 Å². The summed E-state index contributed by atoms with van der Waals surface area (Å²) < 4.78 is 5.46. The lowest BCUT2D eigenvalue weighted by atomic mass is 9.95. The van der Waals surface area contributed by atoms with E-state index in [1.165, 1.54) is 22.1 Å². The quantitative estimate of drug-likeness (QED) is 0.524. The van der Waals surface area contributed by atoms with Gasteiger partial charge in [-0.15, -0.1) is 0 Å². The van der Waals surface area contributed by atoms with E-state index in [9.17, 15) is 4.79 Å². The fourth-order valence-electron chi connectivity index (χ4n) is 5.46. The Labute approximate surface area is 216 Å². The Bertz CT molecular complexity index is 1330. The van der Waals surface area contributed by atoms with Crippen molar-refractivity contribution in [3.8, 4) is 0 Å². The molecule has 0 unspecified atom stereocenters. The maximum Gasteiger partial charge on any atom is 0.247 e. The van der Waals surface area contributed by atoms with Gasteiger partial charge in [0.2, 0.25) is 5.91 Å². The molecule has 35 heavy (non-hydrogen) atoms. The molecule has 0 aromatic heterocycles. The van der Waals surface area contributed by atoms with Crippen LogP contribution in [0.15, 0.2) is 54.6 Å². The van der Waals surface area contributed by atoms with Gasteiger partial charge in [0, 0.05) is 37.0 Å². The molecular formula is C28H27N3O2S2. The molecule has 1 atom stereocenters. The summed E-state index contributed by atoms with van der Waals surface area (Å²) in [6.45, 7) is 4.61. The molecule has 0 saturated carbocycles. The van der Waals surface area contributed by atoms with Crippen molar-refractivity contribution in [3.63, 3.8) is 0 Å². The molecule has 0 aliphatic carbocycles. The maximum atomic E-state index is 12.8. The lowest BCUT2D eigenvalue weighted by molar-refractivity contribution is -0.121. The van der Waals surface area contributed by atoms with Crippen molar-refractivity contribution in [3.05, 3.63) is 76.9 Å². The standard InChI is InChI=1S/C28H27N3O2S2/c32-27-24(10-11-25(34)29-27)31-23-9-8-20(21-2-1-3-22(26(21)23)28(31)35)16-18-4-6-19(7-5-18)17-30-12-14-33-15-13-30/h1-9,24H,10-17H2,(H,29,32,34)/t24-/m1/s1. The number of carbonyl (C=O) groups excluding carboxylic acids is 1. The highest BCUT2D eigenvalue weighted by Crippen LogP contribution is 2.41. The zero-order valence-corrected chi connectivity index (χ0v) is 21.1. The van der Waals surface area contributed by atoms with E-state index < -0.39 is 0 Å². The number of thiocarbonyl (C=S) groups is 2. The molecule has 3 aliphatic rings. The molecule has 2 saturated heterocycles. The van der Waals surface area contributed by atoms with Gasteiger partial charge in [-0.05, 0) is 41.0 Å². The molecule has 3 aliphatic heterocycles. The molecule has 3 aromatic rings. The van der Waals surface area contributed by atoms with E-state index in [2.05, 4.69) is 64.8 Å². The minimum atomic E-state index is -0.324. The van der Waals surface area contributed by atoms with Crippen LogP contribution in [0.4, 0.5) is 5.69 Å². The predicted octanol–water partition coefficient (Wildman–Crippen LogP) is 4.36. The molecule has 0 radical (unpaired) electrons. The number of ether oxygens (including phenoxy) is 1. The van der Waals surface area contributed by atoms with E-state index in [0.717, 1.165) is 60.9 Å². The van der Waals surface area contributed by atoms with E-state index in [-0.39, 0.29) is 11.9 Å². The Balaban J connectivity index is 1.27. The number of hydrogen-bond acceptors (Lipinski definition) is 5. The number of hydrogen-bond donors (Lipinski definition) is 1. The molecule has 5 nitrogen and oxygen atoms in total. The van der Waals surface area contributed by atoms with Gasteiger partial charge < -0.3 is 15.0 Å². The van der Waals surface area contributed by atoms with Gasteiger partial charge in [-0.1, -0.05) is 73.0 Å². The molecule has 1 N–H and O–H groups in total. The lowest BCUT2D eigenvalue weighted by Crippen LogP contribution is -2.53. The number of nitrogens with one attached hydrogen (secondary N) is 1. The number of carbonyl (C=O) groups is 1. The maximum absolute atomic E-state index is 12.8. The third kappa shape index (κ3) is 4.27. The largest absolute Gasteiger partial charge is 0.379 e. The summed E-state index contributed by atoms with van der Waals surface area (Å²) >= 11 is 11.1. The Hall–Kier alpha value is -2.71. The van der Waals surface area contributed by atoms with Crippen molar-refractivity contribution in [2.24, 2.45) is 0 Å². The van der Waals surface area contributed by atoms with E-state index >= 15 is 0 Å². The van der Waals surface area contributed by atoms with Crippen molar-refractivity contribution in [2.75, 3.05) is 31.2 Å². The second-order valence-corrected chi connectivity index (χ2v) is 10.4. The number of rotatable bonds is 5. The van der Waals surface area contributed by atoms with Gasteiger partial charge >= 0.3 is 0 Å². The number of amides is 1. The van der Waals surface area contributed by atoms with Crippen LogP contribution in [0.3, 0.4) is 0 Å². The highest BCUT2D eigenvalue weighted by atomic mass is 32.1. The van der Waals surface area contributed by atoms with Crippen LogP contribution in [0.5, 0.6) is 0 Å². The number of morpholine rings is 1. The zero-order chi connectivity index (χ0) is 23.9. The van der Waals surface area contributed by atoms with Gasteiger partial charge in [-0.3, -0.25) is 9.69 Å². The second kappa shape index (κ2) is 9.39. The molecule has 178 valence electrons. The van der Waals surface area contributed by atoms with E-state index in [1.54, 1.807) is 0 Å². The average Bonchev–Trinajstić information content (AvgIpc) is 3.15. The Morgan fingerprint density at radius 3 is 2.51 bits per heavy atom. The predicted molar refractivity (Wildman–Crippen MR) is 147 cm³/mol. The molecule has 3 heterocycles. The minimum absolute atomic E-state index is 0.0641. The van der Waals surface area contributed by atoms with E-state index in [4.69, 9.17) is 29.2 Å². The summed E-state index contributed by atoms with van der Waals surface area (Å²) in [7, 11) is 0. The van der Waals surface area contributed by atoms with Gasteiger partial charge in [0.1, 0.15) is 11.0 Å². The highest BCUT2D eigenvalue weighted by molar-refractivity contribution is 7.81. The van der Waals surface area contributed by atoms with Crippen molar-refractivity contribution in [1.82, 2.24) is 10.2 Å². The molecular weight excluding hydrogens is 474 g/mol. The summed E-state index contributed by atoms with van der Waals surface area (Å²) in [6, 6.07) is 19.3. The fraction of sp³-hybridized carbons (Fsp3) is 0.321. The summed E-state index contributed by atoms with van der Waals surface area (Å²) in [4.78, 5) is 18.6. The van der Waals surface area contributed by atoms with E-state index in [0.29, 0.717) is 17.8 Å². The smallest absolute Gasteiger partial charge is 0.247 e. The van der Waals surface area contributed by atoms with Crippen molar-refractivity contribution < 1.29 is 9.53 Å². The number of piperidine rings is 1. The van der Waals surface area contributed by atoms with Crippen LogP contribution in [-0.4, -0.2) is 53.1 Å². The Morgan fingerprint density at radius 2 is 1.74 bits per heavy atom. The second-order valence-electron chi connectivity index (χ2n) is 9.50. The van der Waals surface area contributed by atoms with Crippen LogP contribution in [0.25, 0.3) is 10.8 Å². The number of nitrogens with zero attached hydrogens (tertiary/aromatic N) is 2. The molecule has 2 fully saturated rings. The molecule has 0 spiro atoms. The van der Waals surface area contributed by atoms with Crippen molar-refractivity contribution in [2.45, 2.75) is 31.8 Å². The van der Waals surface area contributed by atoms with Crippen LogP contribution in [0.2, 0.25) is 0 Å². The van der Waals surface area contributed by atoms with Gasteiger partial charge in [0.15, 0.2) is 0 Å². The van der Waals surface area contributed by atoms with Crippen LogP contribution in [-0.2, 0) is 22.5 Å². The first kappa shape index (κ1) is 22.7. The lowest BCUT2D eigenvalue weighted by Gasteiger charge is -2.32. The van der Waals surface area contributed by atoms with Crippen molar-refractivity contribution in [1.29, 1.82) is 0 Å². The van der Waals surface area contributed by atoms with Gasteiger partial charge in [0.05, 0.1) is 23.9 Å². The molecule has 6 rings (SSSR count). The third-order valence-corrected chi connectivity index (χ3v) is 7.99. The first-order chi connectivity index (χ1) is 17.1. The first-order valence-corrected chi connectivity index (χ1v) is 13.0. The van der Waals surface area contributed by atoms with Crippen molar-refractivity contribution >= 4 is 56.8 Å². The molecule has 0 bridgehead atoms. The normalized spacial score (nSPS) is 20.5. The molecule has 7 heteroatoms. The number of benzene rings is 3. The summed E-state index contributed by atoms with van der Waals surface area (Å²) in [5.74, 6) is -0.0641. The highest BCUT2D eigenvalue weighted by Gasteiger charge is 2.38. The first-order valence-electron chi connectivity index (χ1n) is 12.2. The fourth-order valence-corrected chi connectivity index (χ4v) is 6.07. The minimum Gasteiger partial charge on any atom is -0.379 e. The van der Waals surface area contributed by atoms with Crippen LogP contribution in [0, 0.1) is 0 Å². The summed E-state index contributed by atoms with van der Waals surface area (Å²) in [6.07, 6.45) is 2.23. The summed E-state index contributed by atoms with van der Waals surface area (Å²) in [5, 5.41) is 5.20. The van der Waals surface area contributed by atoms with Crippen LogP contribution < -0.4 is 10.2 Å². The Kier molecular flexibility index (Phi) is 6.10.